The van der Waals surface area contributed by atoms with E-state index in [1.54, 1.807) is 9.58 Å². The minimum atomic E-state index is -0.614. The molecule has 4 N–H and O–H groups in total. The molecule has 0 bridgehead atoms. The molecule has 0 radical (unpaired) electrons. The highest BCUT2D eigenvalue weighted by Crippen LogP contribution is 2.34. The Hall–Kier alpha value is -3.82. The maximum atomic E-state index is 12.5. The molecule has 2 aromatic heterocycles. The van der Waals surface area contributed by atoms with Crippen molar-refractivity contribution in [3.63, 3.8) is 0 Å². The number of likely N-dealkylation sites (tertiary alicyclic amines) is 1. The molecule has 10 nitrogen and oxygen atoms in total. The SMILES string of the molecule is Cc1cccc(Cn2cc(-c3nn(C4CCCN(C(=O)OC(C)(C)C)CCC4)c(N)c3C(N)=O)c(C)n2)c1. The normalized spacial score (nSPS) is 15.2. The van der Waals surface area contributed by atoms with Crippen molar-refractivity contribution in [2.75, 3.05) is 18.8 Å². The summed E-state index contributed by atoms with van der Waals surface area (Å²) in [4.78, 5) is 26.8. The topological polar surface area (TPSA) is 134 Å². The highest BCUT2D eigenvalue weighted by Gasteiger charge is 2.29. The van der Waals surface area contributed by atoms with Crippen LogP contribution in [0.15, 0.2) is 30.5 Å². The molecule has 38 heavy (non-hydrogen) atoms. The van der Waals surface area contributed by atoms with Crippen molar-refractivity contribution in [1.29, 1.82) is 0 Å². The van der Waals surface area contributed by atoms with Crippen molar-refractivity contribution >= 4 is 17.8 Å². The van der Waals surface area contributed by atoms with Crippen LogP contribution in [-0.4, -0.2) is 55.2 Å². The Bertz CT molecular complexity index is 1310. The number of nitrogen functional groups attached to an aromatic ring is 1. The van der Waals surface area contributed by atoms with Gasteiger partial charge < -0.3 is 21.1 Å². The number of aryl methyl sites for hydroxylation is 2. The van der Waals surface area contributed by atoms with Gasteiger partial charge in [0.25, 0.3) is 5.91 Å². The Labute approximate surface area is 223 Å². The third kappa shape index (κ3) is 6.17. The summed E-state index contributed by atoms with van der Waals surface area (Å²) < 4.78 is 9.14. The number of rotatable bonds is 5. The summed E-state index contributed by atoms with van der Waals surface area (Å²) in [5, 5.41) is 9.49. The first-order valence-electron chi connectivity index (χ1n) is 13.2. The molecule has 2 amide bonds. The van der Waals surface area contributed by atoms with Crippen LogP contribution in [0.1, 0.15) is 79.7 Å². The van der Waals surface area contributed by atoms with Gasteiger partial charge in [-0.15, -0.1) is 0 Å². The Morgan fingerprint density at radius 3 is 2.39 bits per heavy atom. The number of primary amides is 1. The van der Waals surface area contributed by atoms with Crippen LogP contribution in [0.2, 0.25) is 0 Å². The predicted molar refractivity (Wildman–Crippen MR) is 147 cm³/mol. The molecule has 0 atom stereocenters. The Kier molecular flexibility index (Phi) is 7.80. The molecule has 1 aliphatic heterocycles. The number of benzene rings is 1. The molecule has 204 valence electrons. The first-order chi connectivity index (χ1) is 17.9. The van der Waals surface area contributed by atoms with Crippen LogP contribution in [-0.2, 0) is 11.3 Å². The van der Waals surface area contributed by atoms with Crippen LogP contribution < -0.4 is 11.5 Å². The number of aromatic nitrogens is 4. The number of nitrogens with zero attached hydrogens (tertiary/aromatic N) is 5. The van der Waals surface area contributed by atoms with Gasteiger partial charge in [0.2, 0.25) is 0 Å². The lowest BCUT2D eigenvalue weighted by Gasteiger charge is -2.30. The van der Waals surface area contributed by atoms with Gasteiger partial charge in [0.05, 0.1) is 18.3 Å². The molecular weight excluding hydrogens is 482 g/mol. The zero-order valence-electron chi connectivity index (χ0n) is 23.0. The molecule has 1 aromatic carbocycles. The van der Waals surface area contributed by atoms with Crippen LogP contribution in [0.25, 0.3) is 11.3 Å². The van der Waals surface area contributed by atoms with E-state index in [0.29, 0.717) is 25.3 Å². The van der Waals surface area contributed by atoms with Gasteiger partial charge in [-0.3, -0.25) is 9.48 Å². The molecular formula is C28H39N7O3. The van der Waals surface area contributed by atoms with Crippen molar-refractivity contribution < 1.29 is 14.3 Å². The summed E-state index contributed by atoms with van der Waals surface area (Å²) >= 11 is 0. The van der Waals surface area contributed by atoms with Crippen molar-refractivity contribution in [2.45, 2.75) is 78.5 Å². The van der Waals surface area contributed by atoms with Gasteiger partial charge in [-0.05, 0) is 65.9 Å². The summed E-state index contributed by atoms with van der Waals surface area (Å²) in [5.74, 6) is -0.343. The molecule has 1 aliphatic rings. The smallest absolute Gasteiger partial charge is 0.410 e. The van der Waals surface area contributed by atoms with Crippen molar-refractivity contribution in [3.8, 4) is 11.3 Å². The zero-order valence-corrected chi connectivity index (χ0v) is 23.0. The largest absolute Gasteiger partial charge is 0.444 e. The average molecular weight is 522 g/mol. The van der Waals surface area contributed by atoms with Gasteiger partial charge >= 0.3 is 6.09 Å². The molecule has 0 saturated carbocycles. The van der Waals surface area contributed by atoms with Crippen LogP contribution in [0.3, 0.4) is 0 Å². The number of anilines is 1. The van der Waals surface area contributed by atoms with Gasteiger partial charge in [0, 0.05) is 24.8 Å². The average Bonchev–Trinajstić information content (AvgIpc) is 3.31. The third-order valence-electron chi connectivity index (χ3n) is 6.75. The fraction of sp³-hybridized carbons (Fsp3) is 0.500. The van der Waals surface area contributed by atoms with Gasteiger partial charge in [-0.1, -0.05) is 29.8 Å². The molecule has 3 aromatic rings. The highest BCUT2D eigenvalue weighted by molar-refractivity contribution is 6.03. The molecule has 0 spiro atoms. The summed E-state index contributed by atoms with van der Waals surface area (Å²) in [6.45, 7) is 11.3. The summed E-state index contributed by atoms with van der Waals surface area (Å²) in [6, 6.07) is 8.26. The number of ether oxygens (including phenoxy) is 1. The van der Waals surface area contributed by atoms with E-state index in [4.69, 9.17) is 21.3 Å². The summed E-state index contributed by atoms with van der Waals surface area (Å²) in [7, 11) is 0. The minimum absolute atomic E-state index is 0.00900. The lowest BCUT2D eigenvalue weighted by molar-refractivity contribution is 0.0228. The zero-order chi connectivity index (χ0) is 27.6. The van der Waals surface area contributed by atoms with Crippen LogP contribution >= 0.6 is 0 Å². The van der Waals surface area contributed by atoms with Crippen molar-refractivity contribution in [3.05, 3.63) is 52.8 Å². The maximum Gasteiger partial charge on any atom is 0.410 e. The quantitative estimate of drug-likeness (QED) is 0.510. The van der Waals surface area contributed by atoms with Gasteiger partial charge in [0.15, 0.2) is 0 Å². The number of carbonyl (C=O) groups excluding carboxylic acids is 2. The number of hydrogen-bond donors (Lipinski definition) is 2. The number of hydrogen-bond acceptors (Lipinski definition) is 6. The molecule has 3 heterocycles. The van der Waals surface area contributed by atoms with E-state index in [1.165, 1.54) is 5.56 Å². The monoisotopic (exact) mass is 521 g/mol. The number of amides is 2. The van der Waals surface area contributed by atoms with Crippen molar-refractivity contribution in [1.82, 2.24) is 24.5 Å². The van der Waals surface area contributed by atoms with E-state index < -0.39 is 11.5 Å². The molecule has 0 unspecified atom stereocenters. The third-order valence-corrected chi connectivity index (χ3v) is 6.75. The predicted octanol–water partition coefficient (Wildman–Crippen LogP) is 4.45. The first-order valence-corrected chi connectivity index (χ1v) is 13.2. The minimum Gasteiger partial charge on any atom is -0.444 e. The van der Waals surface area contributed by atoms with E-state index in [0.717, 1.165) is 42.5 Å². The fourth-order valence-corrected chi connectivity index (χ4v) is 5.03. The summed E-state index contributed by atoms with van der Waals surface area (Å²) in [6.07, 6.45) is 4.65. The lowest BCUT2D eigenvalue weighted by atomic mass is 10.0. The van der Waals surface area contributed by atoms with E-state index in [9.17, 15) is 9.59 Å². The Morgan fingerprint density at radius 2 is 1.79 bits per heavy atom. The standard InChI is InChI=1S/C28H39N7O3/c1-18-9-6-10-20(15-18)16-34-17-22(19(2)31-34)24-23(26(30)36)25(29)35(32-24)21-11-7-13-33(14-8-12-21)27(37)38-28(3,4)5/h6,9-10,15,17,21H,7-8,11-14,16,29H2,1-5H3,(H2,30,36). The van der Waals surface area contributed by atoms with Crippen LogP contribution in [0.4, 0.5) is 10.6 Å². The van der Waals surface area contributed by atoms with E-state index in [-0.39, 0.29) is 23.5 Å². The molecule has 4 rings (SSSR count). The second-order valence-corrected chi connectivity index (χ2v) is 11.1. The van der Waals surface area contributed by atoms with E-state index >= 15 is 0 Å². The Balaban J connectivity index is 1.56. The summed E-state index contributed by atoms with van der Waals surface area (Å²) in [5.41, 5.74) is 16.2. The van der Waals surface area contributed by atoms with Crippen LogP contribution in [0, 0.1) is 13.8 Å². The highest BCUT2D eigenvalue weighted by atomic mass is 16.6. The van der Waals surface area contributed by atoms with E-state index in [2.05, 4.69) is 30.2 Å². The van der Waals surface area contributed by atoms with Crippen molar-refractivity contribution in [2.24, 2.45) is 5.73 Å². The number of carbonyl (C=O) groups is 2. The second-order valence-electron chi connectivity index (χ2n) is 11.1. The second kappa shape index (κ2) is 10.9. The molecule has 10 heteroatoms. The van der Waals surface area contributed by atoms with Gasteiger partial charge in [-0.2, -0.15) is 10.2 Å². The first kappa shape index (κ1) is 27.2. The lowest BCUT2D eigenvalue weighted by Crippen LogP contribution is -2.39. The molecule has 1 fully saturated rings. The van der Waals surface area contributed by atoms with E-state index in [1.807, 2.05) is 44.6 Å². The Morgan fingerprint density at radius 1 is 1.11 bits per heavy atom. The van der Waals surface area contributed by atoms with Gasteiger partial charge in [0.1, 0.15) is 22.7 Å². The van der Waals surface area contributed by atoms with Crippen LogP contribution in [0.5, 0.6) is 0 Å². The fourth-order valence-electron chi connectivity index (χ4n) is 5.03. The number of nitrogens with two attached hydrogens (primary N) is 2. The molecule has 0 aliphatic carbocycles. The maximum absolute atomic E-state index is 12.5. The molecule has 1 saturated heterocycles. The van der Waals surface area contributed by atoms with Gasteiger partial charge in [-0.25, -0.2) is 9.48 Å².